The van der Waals surface area contributed by atoms with E-state index in [9.17, 15) is 18.0 Å². The lowest BCUT2D eigenvalue weighted by Gasteiger charge is -2.08. The molecule has 0 saturated heterocycles. The number of carbonyl (C=O) groups excluding carboxylic acids is 2. The average molecular weight is 359 g/mol. The highest BCUT2D eigenvalue weighted by molar-refractivity contribution is 7.89. The van der Waals surface area contributed by atoms with Crippen LogP contribution in [0.4, 0.5) is 5.69 Å². The van der Waals surface area contributed by atoms with Gasteiger partial charge in [-0.3, -0.25) is 9.59 Å². The average Bonchev–Trinajstić information content (AvgIpc) is 3.38. The molecule has 0 atom stereocenters. The molecule has 1 fully saturated rings. The van der Waals surface area contributed by atoms with Crippen molar-refractivity contribution < 1.29 is 18.0 Å². The van der Waals surface area contributed by atoms with Crippen LogP contribution in [0.15, 0.2) is 53.4 Å². The molecule has 130 valence electrons. The number of rotatable bonds is 5. The van der Waals surface area contributed by atoms with Crippen molar-refractivity contribution in [3.63, 3.8) is 0 Å². The second-order valence-corrected chi connectivity index (χ2v) is 7.41. The van der Waals surface area contributed by atoms with Gasteiger partial charge in [0, 0.05) is 22.9 Å². The van der Waals surface area contributed by atoms with Gasteiger partial charge >= 0.3 is 0 Å². The molecule has 1 aliphatic carbocycles. The van der Waals surface area contributed by atoms with Gasteiger partial charge in [-0.05, 0) is 55.3 Å². The highest BCUT2D eigenvalue weighted by atomic mass is 32.2. The van der Waals surface area contributed by atoms with Gasteiger partial charge in [0.05, 0.1) is 4.90 Å². The molecule has 0 radical (unpaired) electrons. The lowest BCUT2D eigenvalue weighted by Crippen LogP contribution is -2.25. The molecule has 0 spiro atoms. The van der Waals surface area contributed by atoms with E-state index in [4.69, 9.17) is 5.14 Å². The third-order valence-electron chi connectivity index (χ3n) is 3.74. The van der Waals surface area contributed by atoms with Gasteiger partial charge < -0.3 is 10.6 Å². The van der Waals surface area contributed by atoms with Crippen molar-refractivity contribution in [3.05, 3.63) is 59.7 Å². The summed E-state index contributed by atoms with van der Waals surface area (Å²) in [6.07, 6.45) is 1.99. The zero-order chi connectivity index (χ0) is 18.0. The van der Waals surface area contributed by atoms with Crippen LogP contribution in [0, 0.1) is 0 Å². The van der Waals surface area contributed by atoms with Crippen molar-refractivity contribution in [1.82, 2.24) is 5.32 Å². The van der Waals surface area contributed by atoms with Crippen molar-refractivity contribution in [2.24, 2.45) is 5.14 Å². The molecular weight excluding hydrogens is 342 g/mol. The molecule has 25 heavy (non-hydrogen) atoms. The van der Waals surface area contributed by atoms with E-state index in [1.54, 1.807) is 24.3 Å². The van der Waals surface area contributed by atoms with Gasteiger partial charge in [0.1, 0.15) is 0 Å². The minimum atomic E-state index is -3.80. The predicted octanol–water partition coefficient (Wildman–Crippen LogP) is 1.48. The maximum atomic E-state index is 12.3. The Morgan fingerprint density at radius 1 is 0.960 bits per heavy atom. The first kappa shape index (κ1) is 17.1. The van der Waals surface area contributed by atoms with E-state index in [1.165, 1.54) is 24.3 Å². The smallest absolute Gasteiger partial charge is 0.255 e. The van der Waals surface area contributed by atoms with Crippen LogP contribution < -0.4 is 15.8 Å². The zero-order valence-corrected chi connectivity index (χ0v) is 14.0. The molecule has 1 aliphatic rings. The van der Waals surface area contributed by atoms with Crippen molar-refractivity contribution in [3.8, 4) is 0 Å². The summed E-state index contributed by atoms with van der Waals surface area (Å²) < 4.78 is 22.5. The molecule has 8 heteroatoms. The first-order chi connectivity index (χ1) is 11.8. The summed E-state index contributed by atoms with van der Waals surface area (Å²) in [5.41, 5.74) is 1.22. The van der Waals surface area contributed by atoms with Crippen LogP contribution in [-0.4, -0.2) is 26.3 Å². The Labute approximate surface area is 145 Å². The molecule has 0 aliphatic heterocycles. The number of primary sulfonamides is 1. The summed E-state index contributed by atoms with van der Waals surface area (Å²) in [6, 6.07) is 12.2. The van der Waals surface area contributed by atoms with Gasteiger partial charge in [-0.15, -0.1) is 0 Å². The third kappa shape index (κ3) is 4.43. The normalized spacial score (nSPS) is 14.0. The van der Waals surface area contributed by atoms with Gasteiger partial charge in [0.25, 0.3) is 11.8 Å². The Kier molecular flexibility index (Phi) is 4.56. The molecule has 2 amide bonds. The van der Waals surface area contributed by atoms with Crippen LogP contribution in [0.3, 0.4) is 0 Å². The highest BCUT2D eigenvalue weighted by Crippen LogP contribution is 2.20. The second-order valence-electron chi connectivity index (χ2n) is 5.85. The standard InChI is InChI=1S/C17H17N3O4S/c18-25(23,24)15-8-4-11(5-9-15)16(21)20-14-3-1-2-12(10-14)17(22)19-13-6-7-13/h1-5,8-10,13H,6-7H2,(H,19,22)(H,20,21)(H2,18,23,24). The first-order valence-corrected chi connectivity index (χ1v) is 9.23. The number of amides is 2. The van der Waals surface area contributed by atoms with Crippen molar-refractivity contribution >= 4 is 27.5 Å². The summed E-state index contributed by atoms with van der Waals surface area (Å²) in [4.78, 5) is 24.2. The Hall–Kier alpha value is -2.71. The van der Waals surface area contributed by atoms with Crippen LogP contribution in [0.1, 0.15) is 33.6 Å². The van der Waals surface area contributed by atoms with Crippen LogP contribution in [0.5, 0.6) is 0 Å². The summed E-state index contributed by atoms with van der Waals surface area (Å²) >= 11 is 0. The number of benzene rings is 2. The Bertz CT molecular complexity index is 919. The number of anilines is 1. The zero-order valence-electron chi connectivity index (χ0n) is 13.2. The molecule has 0 unspecified atom stereocenters. The number of hydrogen-bond acceptors (Lipinski definition) is 4. The fourth-order valence-electron chi connectivity index (χ4n) is 2.23. The fourth-order valence-corrected chi connectivity index (χ4v) is 2.75. The van der Waals surface area contributed by atoms with Crippen LogP contribution >= 0.6 is 0 Å². The van der Waals surface area contributed by atoms with Crippen LogP contribution in [0.25, 0.3) is 0 Å². The Morgan fingerprint density at radius 2 is 1.64 bits per heavy atom. The maximum absolute atomic E-state index is 12.3. The molecule has 4 N–H and O–H groups in total. The summed E-state index contributed by atoms with van der Waals surface area (Å²) in [6.45, 7) is 0. The summed E-state index contributed by atoms with van der Waals surface area (Å²) in [7, 11) is -3.80. The first-order valence-electron chi connectivity index (χ1n) is 7.68. The number of sulfonamides is 1. The lowest BCUT2D eigenvalue weighted by atomic mass is 10.1. The van der Waals surface area contributed by atoms with Gasteiger partial charge in [-0.1, -0.05) is 6.07 Å². The molecule has 0 heterocycles. The van der Waals surface area contributed by atoms with Crippen molar-refractivity contribution in [2.75, 3.05) is 5.32 Å². The molecule has 1 saturated carbocycles. The van der Waals surface area contributed by atoms with Gasteiger partial charge in [-0.25, -0.2) is 13.6 Å². The molecule has 7 nitrogen and oxygen atoms in total. The van der Waals surface area contributed by atoms with Crippen LogP contribution in [-0.2, 0) is 10.0 Å². The summed E-state index contributed by atoms with van der Waals surface area (Å²) in [5.74, 6) is -0.586. The van der Waals surface area contributed by atoms with E-state index in [1.807, 2.05) is 0 Å². The van der Waals surface area contributed by atoms with Crippen molar-refractivity contribution in [2.45, 2.75) is 23.8 Å². The fraction of sp³-hybridized carbons (Fsp3) is 0.176. The van der Waals surface area contributed by atoms with Gasteiger partial charge in [0.2, 0.25) is 10.0 Å². The van der Waals surface area contributed by atoms with Gasteiger partial charge in [-0.2, -0.15) is 0 Å². The number of hydrogen-bond donors (Lipinski definition) is 3. The topological polar surface area (TPSA) is 118 Å². The lowest BCUT2D eigenvalue weighted by molar-refractivity contribution is 0.0949. The van der Waals surface area contributed by atoms with E-state index >= 15 is 0 Å². The second kappa shape index (κ2) is 6.66. The van der Waals surface area contributed by atoms with Gasteiger partial charge in [0.15, 0.2) is 0 Å². The SMILES string of the molecule is NS(=O)(=O)c1ccc(C(=O)Nc2cccc(C(=O)NC3CC3)c2)cc1. The maximum Gasteiger partial charge on any atom is 0.255 e. The Balaban J connectivity index is 1.71. The van der Waals surface area contributed by atoms with E-state index < -0.39 is 15.9 Å². The van der Waals surface area contributed by atoms with Crippen LogP contribution in [0.2, 0.25) is 0 Å². The molecule has 3 rings (SSSR count). The largest absolute Gasteiger partial charge is 0.349 e. The van der Waals surface area contributed by atoms with E-state index in [0.29, 0.717) is 11.3 Å². The monoisotopic (exact) mass is 359 g/mol. The molecule has 2 aromatic rings. The molecule has 0 aromatic heterocycles. The number of nitrogens with one attached hydrogen (secondary N) is 2. The Morgan fingerprint density at radius 3 is 2.24 bits per heavy atom. The summed E-state index contributed by atoms with van der Waals surface area (Å²) in [5, 5.41) is 10.6. The number of nitrogens with two attached hydrogens (primary N) is 1. The molecule has 0 bridgehead atoms. The minimum absolute atomic E-state index is 0.0669. The van der Waals surface area contributed by atoms with E-state index in [2.05, 4.69) is 10.6 Å². The van der Waals surface area contributed by atoms with Crippen molar-refractivity contribution in [1.29, 1.82) is 0 Å². The predicted molar refractivity (Wildman–Crippen MR) is 92.7 cm³/mol. The number of carbonyl (C=O) groups is 2. The van der Waals surface area contributed by atoms with E-state index in [-0.39, 0.29) is 22.4 Å². The third-order valence-corrected chi connectivity index (χ3v) is 4.67. The van der Waals surface area contributed by atoms with E-state index in [0.717, 1.165) is 12.8 Å². The quantitative estimate of drug-likeness (QED) is 0.749. The minimum Gasteiger partial charge on any atom is -0.349 e. The molecule has 2 aromatic carbocycles. The molecular formula is C17H17N3O4S. The highest BCUT2D eigenvalue weighted by Gasteiger charge is 2.23.